The third-order valence-electron chi connectivity index (χ3n) is 4.11. The number of amidine groups is 1. The van der Waals surface area contributed by atoms with Crippen LogP contribution in [-0.2, 0) is 4.74 Å². The summed E-state index contributed by atoms with van der Waals surface area (Å²) in [7, 11) is 0. The highest BCUT2D eigenvalue weighted by Crippen LogP contribution is 2.33. The van der Waals surface area contributed by atoms with E-state index in [0.29, 0.717) is 18.6 Å². The molecule has 2 aliphatic heterocycles. The van der Waals surface area contributed by atoms with Crippen LogP contribution in [0, 0.1) is 5.41 Å². The summed E-state index contributed by atoms with van der Waals surface area (Å²) in [4.78, 5) is 2.45. The summed E-state index contributed by atoms with van der Waals surface area (Å²) >= 11 is 0. The summed E-state index contributed by atoms with van der Waals surface area (Å²) in [6.07, 6.45) is 3.68. The average molecular weight is 259 g/mol. The Morgan fingerprint density at radius 3 is 2.47 bits per heavy atom. The van der Waals surface area contributed by atoms with E-state index < -0.39 is 0 Å². The van der Waals surface area contributed by atoms with Gasteiger partial charge in [0.05, 0.1) is 18.0 Å². The van der Waals surface area contributed by atoms with E-state index in [-0.39, 0.29) is 11.9 Å². The second-order valence-electron chi connectivity index (χ2n) is 5.57. The lowest BCUT2D eigenvalue weighted by molar-refractivity contribution is -0.0524. The average Bonchev–Trinajstić information content (AvgIpc) is 2.75. The molecule has 102 valence electrons. The first-order valence-corrected chi connectivity index (χ1v) is 6.99. The standard InChI is InChI=1S/C15H21N3O/c16-15(17)8-14(11-4-2-1-3-5-11)18-9-12-6-7-13(10-18)19-12/h1-5,12-14H,6-10H2,(H3,16,17). The largest absolute Gasteiger partial charge is 0.388 e. The highest BCUT2D eigenvalue weighted by atomic mass is 16.5. The molecule has 0 saturated carbocycles. The Balaban J connectivity index is 1.81. The van der Waals surface area contributed by atoms with Crippen molar-refractivity contribution in [1.82, 2.24) is 4.90 Å². The highest BCUT2D eigenvalue weighted by molar-refractivity contribution is 5.77. The maximum atomic E-state index is 7.63. The number of nitrogens with one attached hydrogen (secondary N) is 1. The van der Waals surface area contributed by atoms with E-state index in [1.165, 1.54) is 18.4 Å². The summed E-state index contributed by atoms with van der Waals surface area (Å²) in [5.74, 6) is 0.257. The van der Waals surface area contributed by atoms with Crippen LogP contribution in [0.4, 0.5) is 0 Å². The second kappa shape index (κ2) is 5.31. The molecule has 3 unspecified atom stereocenters. The van der Waals surface area contributed by atoms with Gasteiger partial charge in [-0.3, -0.25) is 10.3 Å². The van der Waals surface area contributed by atoms with Gasteiger partial charge in [-0.1, -0.05) is 30.3 Å². The predicted molar refractivity (Wildman–Crippen MR) is 75.2 cm³/mol. The molecule has 0 aliphatic carbocycles. The number of nitrogens with zero attached hydrogens (tertiary/aromatic N) is 1. The van der Waals surface area contributed by atoms with Crippen molar-refractivity contribution in [3.8, 4) is 0 Å². The first kappa shape index (κ1) is 12.6. The molecule has 1 aromatic rings. The number of benzene rings is 1. The summed E-state index contributed by atoms with van der Waals surface area (Å²) < 4.78 is 5.89. The maximum Gasteiger partial charge on any atom is 0.0924 e. The van der Waals surface area contributed by atoms with Gasteiger partial charge >= 0.3 is 0 Å². The Kier molecular flexibility index (Phi) is 3.53. The first-order valence-electron chi connectivity index (χ1n) is 6.99. The number of morpholine rings is 1. The molecule has 3 N–H and O–H groups in total. The van der Waals surface area contributed by atoms with Crippen LogP contribution in [0.3, 0.4) is 0 Å². The van der Waals surface area contributed by atoms with Crippen molar-refractivity contribution in [3.05, 3.63) is 35.9 Å². The predicted octanol–water partition coefficient (Wildman–Crippen LogP) is 1.92. The maximum absolute atomic E-state index is 7.63. The zero-order valence-electron chi connectivity index (χ0n) is 11.1. The molecule has 19 heavy (non-hydrogen) atoms. The van der Waals surface area contributed by atoms with Gasteiger partial charge in [0.25, 0.3) is 0 Å². The van der Waals surface area contributed by atoms with Gasteiger partial charge in [0.15, 0.2) is 0 Å². The van der Waals surface area contributed by atoms with Crippen LogP contribution >= 0.6 is 0 Å². The van der Waals surface area contributed by atoms with Crippen LogP contribution in [0.25, 0.3) is 0 Å². The van der Waals surface area contributed by atoms with Crippen LogP contribution in [-0.4, -0.2) is 36.0 Å². The third-order valence-corrected chi connectivity index (χ3v) is 4.11. The van der Waals surface area contributed by atoms with Gasteiger partial charge < -0.3 is 10.5 Å². The Morgan fingerprint density at radius 1 is 1.26 bits per heavy atom. The van der Waals surface area contributed by atoms with E-state index in [4.69, 9.17) is 15.9 Å². The van der Waals surface area contributed by atoms with Crippen molar-refractivity contribution in [2.24, 2.45) is 5.73 Å². The fourth-order valence-electron chi connectivity index (χ4n) is 3.24. The number of hydrogen-bond donors (Lipinski definition) is 2. The Bertz CT molecular complexity index is 436. The minimum atomic E-state index is 0.214. The third kappa shape index (κ3) is 2.80. The van der Waals surface area contributed by atoms with E-state index in [9.17, 15) is 0 Å². The topological polar surface area (TPSA) is 62.3 Å². The molecule has 1 aromatic carbocycles. The SMILES string of the molecule is N=C(N)CC(c1ccccc1)N1CC2CCC(C1)O2. The first-order chi connectivity index (χ1) is 9.22. The van der Waals surface area contributed by atoms with Crippen LogP contribution in [0.15, 0.2) is 30.3 Å². The van der Waals surface area contributed by atoms with Crippen LogP contribution in [0.2, 0.25) is 0 Å². The van der Waals surface area contributed by atoms with Gasteiger partial charge in [-0.15, -0.1) is 0 Å². The van der Waals surface area contributed by atoms with Crippen LogP contribution < -0.4 is 5.73 Å². The van der Waals surface area contributed by atoms with Crippen molar-refractivity contribution in [2.45, 2.75) is 37.5 Å². The molecule has 2 bridgehead atoms. The summed E-state index contributed by atoms with van der Waals surface area (Å²) in [5, 5.41) is 7.63. The lowest BCUT2D eigenvalue weighted by atomic mass is 10.0. The number of rotatable bonds is 4. The molecule has 2 heterocycles. The molecule has 2 fully saturated rings. The molecule has 2 aliphatic rings. The van der Waals surface area contributed by atoms with Gasteiger partial charge in [-0.25, -0.2) is 0 Å². The molecular weight excluding hydrogens is 238 g/mol. The van der Waals surface area contributed by atoms with Gasteiger partial charge in [0, 0.05) is 25.6 Å². The fourth-order valence-corrected chi connectivity index (χ4v) is 3.24. The Hall–Kier alpha value is -1.39. The molecular formula is C15H21N3O. The van der Waals surface area contributed by atoms with Gasteiger partial charge in [-0.2, -0.15) is 0 Å². The van der Waals surface area contributed by atoms with E-state index >= 15 is 0 Å². The van der Waals surface area contributed by atoms with E-state index in [1.807, 2.05) is 6.07 Å². The molecule has 3 rings (SSSR count). The number of ether oxygens (including phenoxy) is 1. The highest BCUT2D eigenvalue weighted by Gasteiger charge is 2.36. The van der Waals surface area contributed by atoms with Crippen LogP contribution in [0.1, 0.15) is 30.9 Å². The zero-order chi connectivity index (χ0) is 13.2. The summed E-state index contributed by atoms with van der Waals surface area (Å²) in [5.41, 5.74) is 6.90. The van der Waals surface area contributed by atoms with E-state index in [2.05, 4.69) is 29.2 Å². The molecule has 3 atom stereocenters. The smallest absolute Gasteiger partial charge is 0.0924 e. The van der Waals surface area contributed by atoms with Crippen molar-refractivity contribution >= 4 is 5.84 Å². The second-order valence-corrected chi connectivity index (χ2v) is 5.57. The molecule has 4 heteroatoms. The minimum Gasteiger partial charge on any atom is -0.388 e. The lowest BCUT2D eigenvalue weighted by Gasteiger charge is -2.38. The quantitative estimate of drug-likeness (QED) is 0.641. The van der Waals surface area contributed by atoms with Gasteiger partial charge in [0.1, 0.15) is 0 Å². The summed E-state index contributed by atoms with van der Waals surface area (Å²) in [6.45, 7) is 1.92. The van der Waals surface area contributed by atoms with E-state index in [0.717, 1.165) is 13.1 Å². The molecule has 0 aromatic heterocycles. The minimum absolute atomic E-state index is 0.214. The van der Waals surface area contributed by atoms with Gasteiger partial charge in [0.2, 0.25) is 0 Å². The number of hydrogen-bond acceptors (Lipinski definition) is 3. The van der Waals surface area contributed by atoms with Crippen LogP contribution in [0.5, 0.6) is 0 Å². The molecule has 0 amide bonds. The van der Waals surface area contributed by atoms with Gasteiger partial charge in [-0.05, 0) is 18.4 Å². The lowest BCUT2D eigenvalue weighted by Crippen LogP contribution is -2.45. The van der Waals surface area contributed by atoms with Crippen molar-refractivity contribution in [3.63, 3.8) is 0 Å². The molecule has 4 nitrogen and oxygen atoms in total. The number of fused-ring (bicyclic) bond motifs is 2. The van der Waals surface area contributed by atoms with Crippen molar-refractivity contribution in [2.75, 3.05) is 13.1 Å². The number of nitrogens with two attached hydrogens (primary N) is 1. The zero-order valence-corrected chi connectivity index (χ0v) is 11.1. The molecule has 0 spiro atoms. The Morgan fingerprint density at radius 2 is 1.89 bits per heavy atom. The van der Waals surface area contributed by atoms with Crippen molar-refractivity contribution < 1.29 is 4.74 Å². The number of likely N-dealkylation sites (tertiary alicyclic amines) is 1. The normalized spacial score (nSPS) is 28.2. The Labute approximate surface area is 114 Å². The van der Waals surface area contributed by atoms with Crippen molar-refractivity contribution in [1.29, 1.82) is 5.41 Å². The summed E-state index contributed by atoms with van der Waals surface area (Å²) in [6, 6.07) is 10.6. The molecule has 0 radical (unpaired) electrons. The fraction of sp³-hybridized carbons (Fsp3) is 0.533. The van der Waals surface area contributed by atoms with E-state index in [1.54, 1.807) is 0 Å². The monoisotopic (exact) mass is 259 g/mol. The molecule has 2 saturated heterocycles.